The Balaban J connectivity index is 1.49. The van der Waals surface area contributed by atoms with E-state index in [1.807, 2.05) is 38.1 Å². The van der Waals surface area contributed by atoms with Crippen LogP contribution in [0.4, 0.5) is 4.39 Å². The molecular weight excluding hydrogens is 469 g/mol. The number of hydrogen-bond donors (Lipinski definition) is 1. The van der Waals surface area contributed by atoms with Crippen LogP contribution in [0.5, 0.6) is 5.75 Å². The molecule has 1 heterocycles. The molecule has 0 fully saturated rings. The number of aliphatic carboxylic acids is 1. The first-order valence-electron chi connectivity index (χ1n) is 11.4. The van der Waals surface area contributed by atoms with Crippen molar-refractivity contribution in [2.24, 2.45) is 0 Å². The maximum Gasteiger partial charge on any atom is 0.323 e. The first kappa shape index (κ1) is 24.7. The zero-order valence-electron chi connectivity index (χ0n) is 19.7. The minimum absolute atomic E-state index is 0.0750. The number of carbonyl (C=O) groups is 2. The molecule has 5 nitrogen and oxygen atoms in total. The fraction of sp³-hybridized carbons (Fsp3) is 0.286. The highest BCUT2D eigenvalue weighted by atomic mass is 35.5. The van der Waals surface area contributed by atoms with Crippen LogP contribution < -0.4 is 4.74 Å². The lowest BCUT2D eigenvalue weighted by atomic mass is 9.91. The number of fused-ring (bicyclic) bond motifs is 1. The van der Waals surface area contributed by atoms with Crippen molar-refractivity contribution in [3.63, 3.8) is 0 Å². The summed E-state index contributed by atoms with van der Waals surface area (Å²) in [5.74, 6) is -1.20. The number of halogens is 2. The number of hydrogen-bond acceptors (Lipinski definition) is 3. The number of nitrogens with zero attached hydrogens (tertiary/aromatic N) is 1. The van der Waals surface area contributed by atoms with Crippen LogP contribution in [0, 0.1) is 12.7 Å². The topological polar surface area (TPSA) is 66.8 Å². The first-order chi connectivity index (χ1) is 16.6. The predicted octanol–water partition coefficient (Wildman–Crippen LogP) is 5.49. The molecule has 7 heteroatoms. The number of carboxylic acid groups (broad SMARTS) is 1. The molecule has 1 N–H and O–H groups in total. The molecule has 1 aliphatic heterocycles. The van der Waals surface area contributed by atoms with Crippen molar-refractivity contribution in [3.05, 3.63) is 99.3 Å². The molecule has 1 amide bonds. The lowest BCUT2D eigenvalue weighted by molar-refractivity contribution is -0.137. The molecule has 35 heavy (non-hydrogen) atoms. The number of carboxylic acids is 1. The summed E-state index contributed by atoms with van der Waals surface area (Å²) in [5, 5.41) is 9.45. The van der Waals surface area contributed by atoms with E-state index < -0.39 is 17.4 Å². The summed E-state index contributed by atoms with van der Waals surface area (Å²) in [7, 11) is 0. The van der Waals surface area contributed by atoms with Crippen LogP contribution in [0.3, 0.4) is 0 Å². The second kappa shape index (κ2) is 10.1. The molecule has 0 saturated heterocycles. The minimum Gasteiger partial charge on any atom is -0.487 e. The zero-order valence-corrected chi connectivity index (χ0v) is 20.4. The summed E-state index contributed by atoms with van der Waals surface area (Å²) in [6.45, 7) is 3.85. The van der Waals surface area contributed by atoms with E-state index in [0.29, 0.717) is 37.1 Å². The van der Waals surface area contributed by atoms with Crippen molar-refractivity contribution >= 4 is 23.5 Å². The van der Waals surface area contributed by atoms with Gasteiger partial charge in [0.05, 0.1) is 5.02 Å². The largest absolute Gasteiger partial charge is 0.487 e. The molecule has 0 radical (unpaired) electrons. The van der Waals surface area contributed by atoms with Crippen molar-refractivity contribution in [3.8, 4) is 5.75 Å². The monoisotopic (exact) mass is 495 g/mol. The Morgan fingerprint density at radius 1 is 1.11 bits per heavy atom. The average molecular weight is 496 g/mol. The normalized spacial score (nSPS) is 16.5. The molecule has 4 rings (SSSR count). The van der Waals surface area contributed by atoms with Crippen molar-refractivity contribution in [1.29, 1.82) is 0 Å². The summed E-state index contributed by atoms with van der Waals surface area (Å²) in [6.07, 6.45) is 1.57. The molecule has 0 aliphatic carbocycles. The van der Waals surface area contributed by atoms with Crippen LogP contribution in [-0.2, 0) is 24.1 Å². The number of amides is 1. The number of aryl methyl sites for hydroxylation is 1. The van der Waals surface area contributed by atoms with E-state index in [4.69, 9.17) is 16.3 Å². The summed E-state index contributed by atoms with van der Waals surface area (Å²) in [4.78, 5) is 26.1. The molecule has 0 saturated carbocycles. The van der Waals surface area contributed by atoms with Gasteiger partial charge in [-0.3, -0.25) is 9.59 Å². The van der Waals surface area contributed by atoms with Gasteiger partial charge in [0.25, 0.3) is 5.91 Å². The molecular formula is C28H27ClFNO4. The van der Waals surface area contributed by atoms with Gasteiger partial charge >= 0.3 is 5.97 Å². The Hall–Kier alpha value is -3.38. The van der Waals surface area contributed by atoms with Crippen LogP contribution in [0.2, 0.25) is 5.02 Å². The maximum atomic E-state index is 13.9. The zero-order chi connectivity index (χ0) is 25.2. The van der Waals surface area contributed by atoms with Gasteiger partial charge in [-0.2, -0.15) is 0 Å². The summed E-state index contributed by atoms with van der Waals surface area (Å²) in [5.41, 5.74) is 3.60. The lowest BCUT2D eigenvalue weighted by Gasteiger charge is -2.24. The third kappa shape index (κ3) is 6.01. The van der Waals surface area contributed by atoms with Gasteiger partial charge in [0.1, 0.15) is 23.7 Å². The highest BCUT2D eigenvalue weighted by molar-refractivity contribution is 6.30. The van der Waals surface area contributed by atoms with Crippen LogP contribution in [0.25, 0.3) is 0 Å². The molecule has 1 atom stereocenters. The molecule has 0 spiro atoms. The molecule has 0 bridgehead atoms. The summed E-state index contributed by atoms with van der Waals surface area (Å²) >= 11 is 5.79. The van der Waals surface area contributed by atoms with Crippen LogP contribution in [0.15, 0.2) is 60.7 Å². The van der Waals surface area contributed by atoms with Crippen molar-refractivity contribution < 1.29 is 23.8 Å². The summed E-state index contributed by atoms with van der Waals surface area (Å²) < 4.78 is 20.1. The quantitative estimate of drug-likeness (QED) is 0.448. The van der Waals surface area contributed by atoms with Crippen molar-refractivity contribution in [2.45, 2.75) is 38.7 Å². The van der Waals surface area contributed by atoms with E-state index in [-0.39, 0.29) is 17.5 Å². The Kier molecular flexibility index (Phi) is 7.13. The molecule has 3 aromatic rings. The highest BCUT2D eigenvalue weighted by Gasteiger charge is 2.36. The SMILES string of the molecule is Cc1cccc(CCN(CC(=O)O)C(=O)c2ccc3c(c2)C[C@](C)(Cc2ccc(Cl)c(F)c2)O3)c1. The fourth-order valence-electron chi connectivity index (χ4n) is 4.56. The highest BCUT2D eigenvalue weighted by Crippen LogP contribution is 2.38. The van der Waals surface area contributed by atoms with Gasteiger partial charge in [-0.05, 0) is 67.3 Å². The third-order valence-electron chi connectivity index (χ3n) is 6.16. The van der Waals surface area contributed by atoms with Crippen LogP contribution in [0.1, 0.15) is 39.5 Å². The van der Waals surface area contributed by atoms with Gasteiger partial charge < -0.3 is 14.7 Å². The molecule has 3 aromatic carbocycles. The van der Waals surface area contributed by atoms with E-state index in [9.17, 15) is 19.1 Å². The number of benzene rings is 3. The van der Waals surface area contributed by atoms with E-state index in [1.54, 1.807) is 24.3 Å². The second-order valence-electron chi connectivity index (χ2n) is 9.34. The van der Waals surface area contributed by atoms with Gasteiger partial charge in [0.15, 0.2) is 0 Å². The van der Waals surface area contributed by atoms with Crippen LogP contribution in [-0.4, -0.2) is 40.6 Å². The average Bonchev–Trinajstić information content (AvgIpc) is 3.13. The number of rotatable bonds is 8. The van der Waals surface area contributed by atoms with Gasteiger partial charge in [0, 0.05) is 24.9 Å². The Morgan fingerprint density at radius 3 is 2.63 bits per heavy atom. The molecule has 182 valence electrons. The Morgan fingerprint density at radius 2 is 1.91 bits per heavy atom. The maximum absolute atomic E-state index is 13.9. The first-order valence-corrected chi connectivity index (χ1v) is 11.8. The van der Waals surface area contributed by atoms with E-state index in [0.717, 1.165) is 22.3 Å². The van der Waals surface area contributed by atoms with Crippen molar-refractivity contribution in [1.82, 2.24) is 4.90 Å². The second-order valence-corrected chi connectivity index (χ2v) is 9.74. The van der Waals surface area contributed by atoms with E-state index in [1.165, 1.54) is 17.0 Å². The molecule has 1 aliphatic rings. The van der Waals surface area contributed by atoms with Gasteiger partial charge in [-0.1, -0.05) is 47.5 Å². The van der Waals surface area contributed by atoms with Gasteiger partial charge in [0.2, 0.25) is 0 Å². The third-order valence-corrected chi connectivity index (χ3v) is 6.46. The Labute approximate surface area is 209 Å². The smallest absolute Gasteiger partial charge is 0.323 e. The number of carbonyl (C=O) groups excluding carboxylic acids is 1. The van der Waals surface area contributed by atoms with Crippen molar-refractivity contribution in [2.75, 3.05) is 13.1 Å². The Bertz CT molecular complexity index is 1280. The minimum atomic E-state index is -1.06. The standard InChI is InChI=1S/C28H27ClFNO4/c1-18-4-3-5-19(12-18)10-11-31(17-26(32)33)27(34)21-7-9-25-22(14-21)16-28(2,35-25)15-20-6-8-23(29)24(30)13-20/h3-9,12-14H,10-11,15-17H2,1-2H3,(H,32,33)/t28-/m0/s1. The van der Waals surface area contributed by atoms with Gasteiger partial charge in [-0.25, -0.2) is 4.39 Å². The van der Waals surface area contributed by atoms with E-state index in [2.05, 4.69) is 0 Å². The fourth-order valence-corrected chi connectivity index (χ4v) is 4.68. The molecule has 0 unspecified atom stereocenters. The number of ether oxygens (including phenoxy) is 1. The molecule has 0 aromatic heterocycles. The van der Waals surface area contributed by atoms with E-state index >= 15 is 0 Å². The lowest BCUT2D eigenvalue weighted by Crippen LogP contribution is -2.37. The van der Waals surface area contributed by atoms with Crippen LogP contribution >= 0.6 is 11.6 Å². The van der Waals surface area contributed by atoms with Gasteiger partial charge in [-0.15, -0.1) is 0 Å². The predicted molar refractivity (Wildman–Crippen MR) is 133 cm³/mol. The summed E-state index contributed by atoms with van der Waals surface area (Å²) in [6, 6.07) is 17.8.